The Kier molecular flexibility index (Phi) is 7.35. The van der Waals surface area contributed by atoms with Crippen molar-refractivity contribution in [3.63, 3.8) is 0 Å². The van der Waals surface area contributed by atoms with Crippen molar-refractivity contribution in [3.8, 4) is 6.07 Å². The summed E-state index contributed by atoms with van der Waals surface area (Å²) in [6, 6.07) is 2.15. The molecule has 5 aliphatic rings. The van der Waals surface area contributed by atoms with Gasteiger partial charge in [0.05, 0.1) is 5.57 Å². The molecular formula is C36H52N2O5. The number of fused-ring (bicyclic) bond motifs is 7. The molecule has 0 bridgehead atoms. The van der Waals surface area contributed by atoms with E-state index in [9.17, 15) is 29.9 Å². The first-order valence-corrected chi connectivity index (χ1v) is 16.4. The van der Waals surface area contributed by atoms with Gasteiger partial charge in [0.15, 0.2) is 11.6 Å². The predicted octanol–water partition coefficient (Wildman–Crippen LogP) is 5.46. The summed E-state index contributed by atoms with van der Waals surface area (Å²) < 4.78 is 0. The smallest absolute Gasteiger partial charge is 0.225 e. The lowest BCUT2D eigenvalue weighted by molar-refractivity contribution is -0.242. The third-order valence-corrected chi connectivity index (χ3v) is 14.0. The minimum atomic E-state index is -1.64. The number of nitrogens with zero attached hydrogens (tertiary/aromatic N) is 1. The molecule has 7 nitrogen and oxygen atoms in total. The van der Waals surface area contributed by atoms with Gasteiger partial charge >= 0.3 is 0 Å². The van der Waals surface area contributed by atoms with Gasteiger partial charge in [-0.1, -0.05) is 61.5 Å². The molecule has 0 spiro atoms. The highest BCUT2D eigenvalue weighted by atomic mass is 16.3. The maximum absolute atomic E-state index is 14.6. The molecule has 0 radical (unpaired) electrons. The third kappa shape index (κ3) is 4.07. The van der Waals surface area contributed by atoms with Gasteiger partial charge in [-0.15, -0.1) is 0 Å². The Morgan fingerprint density at radius 1 is 1.05 bits per heavy atom. The first-order chi connectivity index (χ1) is 19.8. The van der Waals surface area contributed by atoms with Crippen molar-refractivity contribution < 1.29 is 24.6 Å². The summed E-state index contributed by atoms with van der Waals surface area (Å²) in [7, 11) is 0. The summed E-state index contributed by atoms with van der Waals surface area (Å²) in [6.45, 7) is 17.0. The van der Waals surface area contributed by atoms with Crippen LogP contribution >= 0.6 is 0 Å². The minimum Gasteiger partial charge on any atom is -0.396 e. The van der Waals surface area contributed by atoms with E-state index in [4.69, 9.17) is 0 Å². The largest absolute Gasteiger partial charge is 0.396 e. The zero-order valence-electron chi connectivity index (χ0n) is 27.5. The Balaban J connectivity index is 1.59. The van der Waals surface area contributed by atoms with Crippen LogP contribution in [0, 0.1) is 61.6 Å². The Labute approximate surface area is 257 Å². The Morgan fingerprint density at radius 3 is 2.33 bits per heavy atom. The van der Waals surface area contributed by atoms with Crippen molar-refractivity contribution in [2.24, 2.45) is 50.2 Å². The van der Waals surface area contributed by atoms with Gasteiger partial charge in [0.1, 0.15) is 11.7 Å². The standard InChI is InChI=1S/C36H52N2O5/c1-22(10-16-39)21-38-29(42)32(5)13-12-31(4)14-15-35(8)34(7)11-9-24-30(2,3)28(41)23(20-37)18-33(24,6)25(34)17-27(40)36(35,43)26(31)19-32/h17-18,22,24,26,39,43H,9-16,19,21H2,1-8H3,(H,38,42)/t22?,24-,26+,31+,32-,33-,34+,35-,36+/m0/s1. The zero-order valence-corrected chi connectivity index (χ0v) is 27.5. The summed E-state index contributed by atoms with van der Waals surface area (Å²) >= 11 is 0. The van der Waals surface area contributed by atoms with Crippen molar-refractivity contribution in [1.29, 1.82) is 5.26 Å². The lowest BCUT2D eigenvalue weighted by atomic mass is 9.33. The fraction of sp³-hybridized carbons (Fsp3) is 0.778. The molecule has 3 N–H and O–H groups in total. The van der Waals surface area contributed by atoms with E-state index in [1.165, 1.54) is 0 Å². The highest BCUT2D eigenvalue weighted by molar-refractivity contribution is 6.05. The second-order valence-corrected chi connectivity index (χ2v) is 16.7. The Bertz CT molecular complexity index is 1360. The maximum atomic E-state index is 14.6. The normalized spacial score (nSPS) is 45.7. The molecule has 0 aromatic carbocycles. The third-order valence-electron chi connectivity index (χ3n) is 14.0. The van der Waals surface area contributed by atoms with Gasteiger partial charge in [-0.05, 0) is 85.7 Å². The second kappa shape index (κ2) is 9.85. The molecule has 5 rings (SSSR count). The SMILES string of the molecule is CC(CCO)CNC(=O)[C@@]1(C)CC[C@]2(C)CC[C@@]3(C)[C@]4(C)CC[C@H]5C(C)(C)C(=O)C(C#N)=C[C@]5(C)C4=CC(=O)[C@]3(O)[C@@H]2C1. The van der Waals surface area contributed by atoms with E-state index < -0.39 is 32.7 Å². The van der Waals surface area contributed by atoms with E-state index in [0.29, 0.717) is 32.2 Å². The number of hydrogen-bond donors (Lipinski definition) is 3. The van der Waals surface area contributed by atoms with Crippen LogP contribution in [0.2, 0.25) is 0 Å². The fourth-order valence-electron chi connectivity index (χ4n) is 10.8. The van der Waals surface area contributed by atoms with Crippen molar-refractivity contribution in [2.45, 2.75) is 112 Å². The van der Waals surface area contributed by atoms with Gasteiger partial charge in [0.25, 0.3) is 0 Å². The number of carbonyl (C=O) groups excluding carboxylic acids is 3. The molecule has 7 heteroatoms. The summed E-state index contributed by atoms with van der Waals surface area (Å²) in [5.41, 5.74) is -4.26. The summed E-state index contributed by atoms with van der Waals surface area (Å²) in [6.07, 6.45) is 9.07. The number of nitriles is 1. The van der Waals surface area contributed by atoms with E-state index in [-0.39, 0.29) is 52.8 Å². The van der Waals surface area contributed by atoms with Crippen molar-refractivity contribution in [2.75, 3.05) is 13.2 Å². The van der Waals surface area contributed by atoms with Gasteiger partial charge in [0, 0.05) is 40.7 Å². The van der Waals surface area contributed by atoms with Crippen molar-refractivity contribution >= 4 is 17.5 Å². The van der Waals surface area contributed by atoms with E-state index in [2.05, 4.69) is 39.1 Å². The minimum absolute atomic E-state index is 0.0442. The number of carbonyl (C=O) groups is 3. The first kappa shape index (κ1) is 32.1. The lowest BCUT2D eigenvalue weighted by Gasteiger charge is -2.71. The summed E-state index contributed by atoms with van der Waals surface area (Å²) in [5, 5.41) is 35.4. The molecule has 0 saturated heterocycles. The highest BCUT2D eigenvalue weighted by Gasteiger charge is 2.75. The van der Waals surface area contributed by atoms with E-state index in [1.54, 1.807) is 6.08 Å². The number of rotatable bonds is 5. The number of aliphatic hydroxyl groups excluding tert-OH is 1. The molecule has 9 atom stereocenters. The number of aliphatic hydroxyl groups is 2. The number of nitrogens with one attached hydrogen (secondary N) is 1. The van der Waals surface area contributed by atoms with Crippen molar-refractivity contribution in [3.05, 3.63) is 23.3 Å². The van der Waals surface area contributed by atoms with E-state index >= 15 is 0 Å². The monoisotopic (exact) mass is 592 g/mol. The summed E-state index contributed by atoms with van der Waals surface area (Å²) in [5.74, 6) is -0.759. The van der Waals surface area contributed by atoms with Gasteiger partial charge in [-0.2, -0.15) is 5.26 Å². The van der Waals surface area contributed by atoms with Crippen molar-refractivity contribution in [1.82, 2.24) is 5.32 Å². The molecular weight excluding hydrogens is 540 g/mol. The van der Waals surface area contributed by atoms with Crippen LogP contribution in [-0.2, 0) is 14.4 Å². The van der Waals surface area contributed by atoms with Gasteiger partial charge in [0.2, 0.25) is 5.91 Å². The first-order valence-electron chi connectivity index (χ1n) is 16.4. The molecule has 236 valence electrons. The Morgan fingerprint density at radius 2 is 1.70 bits per heavy atom. The predicted molar refractivity (Wildman–Crippen MR) is 164 cm³/mol. The lowest BCUT2D eigenvalue weighted by Crippen LogP contribution is -2.74. The second-order valence-electron chi connectivity index (χ2n) is 16.7. The van der Waals surface area contributed by atoms with Crippen LogP contribution in [0.25, 0.3) is 0 Å². The van der Waals surface area contributed by atoms with Gasteiger partial charge < -0.3 is 15.5 Å². The molecule has 3 fully saturated rings. The molecule has 0 aliphatic heterocycles. The highest BCUT2D eigenvalue weighted by Crippen LogP contribution is 2.75. The quantitative estimate of drug-likeness (QED) is 0.389. The number of amides is 1. The average molecular weight is 593 g/mol. The van der Waals surface area contributed by atoms with Crippen LogP contribution in [0.4, 0.5) is 0 Å². The van der Waals surface area contributed by atoms with Crippen LogP contribution in [0.15, 0.2) is 23.3 Å². The fourth-order valence-corrected chi connectivity index (χ4v) is 10.8. The van der Waals surface area contributed by atoms with Crippen LogP contribution < -0.4 is 5.32 Å². The maximum Gasteiger partial charge on any atom is 0.225 e. The van der Waals surface area contributed by atoms with E-state index in [0.717, 1.165) is 31.3 Å². The zero-order chi connectivity index (χ0) is 32.0. The number of allylic oxidation sites excluding steroid dienone is 3. The van der Waals surface area contributed by atoms with Gasteiger partial charge in [-0.25, -0.2) is 0 Å². The molecule has 1 amide bonds. The molecule has 0 heterocycles. The van der Waals surface area contributed by atoms with Crippen LogP contribution in [0.5, 0.6) is 0 Å². The van der Waals surface area contributed by atoms with Crippen LogP contribution in [-0.4, -0.2) is 46.4 Å². The number of Topliss-reactive ketones (excluding diaryl/α,β-unsaturated/α-hetero) is 1. The summed E-state index contributed by atoms with van der Waals surface area (Å²) in [4.78, 5) is 41.6. The van der Waals surface area contributed by atoms with E-state index in [1.807, 2.05) is 33.8 Å². The van der Waals surface area contributed by atoms with Crippen LogP contribution in [0.3, 0.4) is 0 Å². The molecule has 1 unspecified atom stereocenters. The molecule has 3 saturated carbocycles. The molecule has 5 aliphatic carbocycles. The molecule has 0 aromatic rings. The van der Waals surface area contributed by atoms with Gasteiger partial charge in [-0.3, -0.25) is 14.4 Å². The average Bonchev–Trinajstić information content (AvgIpc) is 2.94. The Hall–Kier alpha value is -2.30. The topological polar surface area (TPSA) is 127 Å². The number of ketones is 2. The molecule has 43 heavy (non-hydrogen) atoms. The number of hydrogen-bond acceptors (Lipinski definition) is 6. The molecule has 0 aromatic heterocycles. The van der Waals surface area contributed by atoms with Crippen LogP contribution in [0.1, 0.15) is 107 Å².